The van der Waals surface area contributed by atoms with E-state index >= 15 is 0 Å². The van der Waals surface area contributed by atoms with Gasteiger partial charge in [0.05, 0.1) is 0 Å². The minimum Gasteiger partial charge on any atom is -0.368 e. The molecule has 0 aromatic heterocycles. The highest BCUT2D eigenvalue weighted by atomic mass is 15.3. The summed E-state index contributed by atoms with van der Waals surface area (Å²) in [5, 5.41) is 3.56. The van der Waals surface area contributed by atoms with Gasteiger partial charge in [0.25, 0.3) is 0 Å². The first-order valence-corrected chi connectivity index (χ1v) is 7.81. The highest BCUT2D eigenvalue weighted by Gasteiger charge is 2.21. The first-order chi connectivity index (χ1) is 9.58. The van der Waals surface area contributed by atoms with Gasteiger partial charge in [0.2, 0.25) is 0 Å². The normalized spacial score (nSPS) is 20.6. The second-order valence-electron chi connectivity index (χ2n) is 6.43. The van der Waals surface area contributed by atoms with Gasteiger partial charge in [-0.2, -0.15) is 0 Å². The fraction of sp³-hybridized carbons (Fsp3) is 0.647. The summed E-state index contributed by atoms with van der Waals surface area (Å²) < 4.78 is 0. The molecule has 1 aromatic rings. The zero-order chi connectivity index (χ0) is 14.5. The van der Waals surface area contributed by atoms with Gasteiger partial charge in [0, 0.05) is 37.9 Å². The third kappa shape index (κ3) is 3.97. The standard InChI is InChI=1S/C17H29N3/c1-14(2)11-18-12-16-7-5-6-8-17(16)20-10-9-19(4)15(3)13-20/h5-8,14-15,18H,9-13H2,1-4H3. The lowest BCUT2D eigenvalue weighted by molar-refractivity contribution is 0.234. The molecule has 1 aliphatic heterocycles. The van der Waals surface area contributed by atoms with Crippen molar-refractivity contribution in [3.63, 3.8) is 0 Å². The van der Waals surface area contributed by atoms with Crippen molar-refractivity contribution in [3.8, 4) is 0 Å². The average Bonchev–Trinajstić information content (AvgIpc) is 2.42. The molecule has 1 atom stereocenters. The molecular weight excluding hydrogens is 246 g/mol. The number of hydrogen-bond donors (Lipinski definition) is 1. The van der Waals surface area contributed by atoms with Gasteiger partial charge in [-0.25, -0.2) is 0 Å². The number of hydrogen-bond acceptors (Lipinski definition) is 3. The van der Waals surface area contributed by atoms with Crippen LogP contribution in [0.5, 0.6) is 0 Å². The Morgan fingerprint density at radius 2 is 2.00 bits per heavy atom. The summed E-state index contributed by atoms with van der Waals surface area (Å²) in [5.74, 6) is 0.700. The molecule has 0 radical (unpaired) electrons. The maximum absolute atomic E-state index is 3.56. The molecule has 3 nitrogen and oxygen atoms in total. The Kier molecular flexibility index (Phi) is 5.44. The van der Waals surface area contributed by atoms with Crippen molar-refractivity contribution >= 4 is 5.69 Å². The van der Waals surface area contributed by atoms with Crippen LogP contribution in [0.1, 0.15) is 26.3 Å². The van der Waals surface area contributed by atoms with Crippen molar-refractivity contribution in [1.29, 1.82) is 0 Å². The zero-order valence-corrected chi connectivity index (χ0v) is 13.4. The van der Waals surface area contributed by atoms with Crippen LogP contribution in [-0.2, 0) is 6.54 Å². The summed E-state index contributed by atoms with van der Waals surface area (Å²) in [6.07, 6.45) is 0. The lowest BCUT2D eigenvalue weighted by Crippen LogP contribution is -2.50. The maximum Gasteiger partial charge on any atom is 0.0412 e. The van der Waals surface area contributed by atoms with Gasteiger partial charge in [-0.3, -0.25) is 0 Å². The van der Waals surface area contributed by atoms with E-state index < -0.39 is 0 Å². The summed E-state index contributed by atoms with van der Waals surface area (Å²) >= 11 is 0. The highest BCUT2D eigenvalue weighted by Crippen LogP contribution is 2.23. The number of para-hydroxylation sites is 1. The molecule has 20 heavy (non-hydrogen) atoms. The number of benzene rings is 1. The molecule has 0 aliphatic carbocycles. The largest absolute Gasteiger partial charge is 0.368 e. The Hall–Kier alpha value is -1.06. The Morgan fingerprint density at radius 1 is 1.25 bits per heavy atom. The summed E-state index contributed by atoms with van der Waals surface area (Å²) in [4.78, 5) is 4.98. The van der Waals surface area contributed by atoms with Crippen molar-refractivity contribution < 1.29 is 0 Å². The smallest absolute Gasteiger partial charge is 0.0412 e. The molecule has 1 saturated heterocycles. The van der Waals surface area contributed by atoms with E-state index in [-0.39, 0.29) is 0 Å². The third-order valence-corrected chi connectivity index (χ3v) is 4.16. The van der Waals surface area contributed by atoms with E-state index in [1.807, 2.05) is 0 Å². The van der Waals surface area contributed by atoms with Gasteiger partial charge in [0.15, 0.2) is 0 Å². The number of piperazine rings is 1. The fourth-order valence-electron chi connectivity index (χ4n) is 2.73. The molecule has 1 fully saturated rings. The number of nitrogens with one attached hydrogen (secondary N) is 1. The minimum absolute atomic E-state index is 0.625. The van der Waals surface area contributed by atoms with Crippen LogP contribution in [0, 0.1) is 5.92 Å². The van der Waals surface area contributed by atoms with Crippen LogP contribution in [0.25, 0.3) is 0 Å². The van der Waals surface area contributed by atoms with Crippen molar-refractivity contribution in [2.75, 3.05) is 38.1 Å². The Bertz CT molecular complexity index is 416. The van der Waals surface area contributed by atoms with E-state index in [0.29, 0.717) is 12.0 Å². The molecule has 1 aliphatic rings. The summed E-state index contributed by atoms with van der Waals surface area (Å²) in [6.45, 7) is 12.3. The Morgan fingerprint density at radius 3 is 2.70 bits per heavy atom. The van der Waals surface area contributed by atoms with Gasteiger partial charge < -0.3 is 15.1 Å². The highest BCUT2D eigenvalue weighted by molar-refractivity contribution is 5.54. The Labute approximate surface area is 124 Å². The average molecular weight is 275 g/mol. The monoisotopic (exact) mass is 275 g/mol. The van der Waals surface area contributed by atoms with Crippen LogP contribution < -0.4 is 10.2 Å². The van der Waals surface area contributed by atoms with Crippen LogP contribution in [-0.4, -0.2) is 44.2 Å². The van der Waals surface area contributed by atoms with Crippen LogP contribution in [0.15, 0.2) is 24.3 Å². The molecule has 112 valence electrons. The predicted octanol–water partition coefficient (Wildman–Crippen LogP) is 2.57. The molecule has 0 saturated carbocycles. The van der Waals surface area contributed by atoms with Crippen molar-refractivity contribution in [2.24, 2.45) is 5.92 Å². The topological polar surface area (TPSA) is 18.5 Å². The maximum atomic E-state index is 3.56. The van der Waals surface area contributed by atoms with E-state index in [1.165, 1.54) is 11.3 Å². The predicted molar refractivity (Wildman–Crippen MR) is 87.3 cm³/mol. The van der Waals surface area contributed by atoms with Gasteiger partial charge in [-0.05, 0) is 38.1 Å². The van der Waals surface area contributed by atoms with Gasteiger partial charge >= 0.3 is 0 Å². The SMILES string of the molecule is CC(C)CNCc1ccccc1N1CCN(C)C(C)C1. The zero-order valence-electron chi connectivity index (χ0n) is 13.4. The van der Waals surface area contributed by atoms with Crippen molar-refractivity contribution in [3.05, 3.63) is 29.8 Å². The van der Waals surface area contributed by atoms with E-state index in [2.05, 4.69) is 67.2 Å². The third-order valence-electron chi connectivity index (χ3n) is 4.16. The quantitative estimate of drug-likeness (QED) is 0.891. The first kappa shape index (κ1) is 15.3. The van der Waals surface area contributed by atoms with E-state index in [9.17, 15) is 0 Å². The van der Waals surface area contributed by atoms with Gasteiger partial charge in [0.1, 0.15) is 0 Å². The summed E-state index contributed by atoms with van der Waals surface area (Å²) in [5.41, 5.74) is 2.83. The van der Waals surface area contributed by atoms with E-state index in [1.54, 1.807) is 0 Å². The fourth-order valence-corrected chi connectivity index (χ4v) is 2.73. The van der Waals surface area contributed by atoms with Crippen LogP contribution >= 0.6 is 0 Å². The first-order valence-electron chi connectivity index (χ1n) is 7.81. The van der Waals surface area contributed by atoms with Gasteiger partial charge in [-0.15, -0.1) is 0 Å². The Balaban J connectivity index is 2.03. The summed E-state index contributed by atoms with van der Waals surface area (Å²) in [7, 11) is 2.22. The van der Waals surface area contributed by atoms with Gasteiger partial charge in [-0.1, -0.05) is 32.0 Å². The van der Waals surface area contributed by atoms with Crippen molar-refractivity contribution in [1.82, 2.24) is 10.2 Å². The molecule has 2 rings (SSSR count). The molecule has 0 bridgehead atoms. The minimum atomic E-state index is 0.625. The van der Waals surface area contributed by atoms with E-state index in [0.717, 1.165) is 32.7 Å². The van der Waals surface area contributed by atoms with Crippen LogP contribution in [0.4, 0.5) is 5.69 Å². The number of likely N-dealkylation sites (N-methyl/N-ethyl adjacent to an activating group) is 1. The molecule has 0 spiro atoms. The van der Waals surface area contributed by atoms with Crippen molar-refractivity contribution in [2.45, 2.75) is 33.4 Å². The lowest BCUT2D eigenvalue weighted by Gasteiger charge is -2.39. The lowest BCUT2D eigenvalue weighted by atomic mass is 10.1. The van der Waals surface area contributed by atoms with Crippen LogP contribution in [0.3, 0.4) is 0 Å². The molecule has 1 aromatic carbocycles. The second-order valence-corrected chi connectivity index (χ2v) is 6.43. The molecule has 3 heteroatoms. The number of rotatable bonds is 5. The number of nitrogens with zero attached hydrogens (tertiary/aromatic N) is 2. The van der Waals surface area contributed by atoms with Crippen LogP contribution in [0.2, 0.25) is 0 Å². The molecule has 1 heterocycles. The second kappa shape index (κ2) is 7.09. The molecule has 1 unspecified atom stereocenters. The summed E-state index contributed by atoms with van der Waals surface area (Å²) in [6, 6.07) is 9.45. The molecule has 0 amide bonds. The number of anilines is 1. The van der Waals surface area contributed by atoms with E-state index in [4.69, 9.17) is 0 Å². The molecular formula is C17H29N3. The molecule has 1 N–H and O–H groups in total.